The van der Waals surface area contributed by atoms with Gasteiger partial charge in [0.15, 0.2) is 5.69 Å². The van der Waals surface area contributed by atoms with Gasteiger partial charge in [-0.05, 0) is 0 Å². The predicted molar refractivity (Wildman–Crippen MR) is 35.9 cm³/mol. The van der Waals surface area contributed by atoms with Crippen LogP contribution in [0.2, 0.25) is 0 Å². The second kappa shape index (κ2) is 3.20. The lowest BCUT2D eigenvalue weighted by Crippen LogP contribution is -2.09. The van der Waals surface area contributed by atoms with Crippen LogP contribution in [0, 0.1) is 16.1 Å². The molecule has 0 aliphatic heterocycles. The third-order valence-corrected chi connectivity index (χ3v) is 1.28. The standard InChI is InChI=1S/C6H2F4N2O2/c7-5-2-3(12(13)14)1-4(11-5)6(8,9)10/h1-2H. The van der Waals surface area contributed by atoms with Crippen LogP contribution in [0.3, 0.4) is 0 Å². The van der Waals surface area contributed by atoms with E-state index in [1.165, 1.54) is 0 Å². The van der Waals surface area contributed by atoms with Crippen LogP contribution in [-0.2, 0) is 6.18 Å². The van der Waals surface area contributed by atoms with Gasteiger partial charge in [-0.25, -0.2) is 4.98 Å². The van der Waals surface area contributed by atoms with Crippen molar-refractivity contribution in [2.75, 3.05) is 0 Å². The van der Waals surface area contributed by atoms with Crippen LogP contribution >= 0.6 is 0 Å². The van der Waals surface area contributed by atoms with Gasteiger partial charge < -0.3 is 0 Å². The highest BCUT2D eigenvalue weighted by Gasteiger charge is 2.34. The van der Waals surface area contributed by atoms with Gasteiger partial charge >= 0.3 is 6.18 Å². The lowest BCUT2D eigenvalue weighted by atomic mass is 10.3. The summed E-state index contributed by atoms with van der Waals surface area (Å²) in [5.41, 5.74) is -2.60. The molecule has 0 fully saturated rings. The Morgan fingerprint density at radius 1 is 1.36 bits per heavy atom. The minimum absolute atomic E-state index is 0.170. The second-order valence-electron chi connectivity index (χ2n) is 2.29. The number of pyridine rings is 1. The number of aromatic nitrogens is 1. The molecule has 0 saturated carbocycles. The van der Waals surface area contributed by atoms with Crippen molar-refractivity contribution in [1.29, 1.82) is 0 Å². The van der Waals surface area contributed by atoms with E-state index in [0.29, 0.717) is 6.07 Å². The molecule has 1 aromatic heterocycles. The van der Waals surface area contributed by atoms with Crippen LogP contribution in [0.4, 0.5) is 23.2 Å². The van der Waals surface area contributed by atoms with Crippen molar-refractivity contribution in [3.05, 3.63) is 33.9 Å². The summed E-state index contributed by atoms with van der Waals surface area (Å²) >= 11 is 0. The van der Waals surface area contributed by atoms with Crippen LogP contribution in [0.1, 0.15) is 5.69 Å². The third-order valence-electron chi connectivity index (χ3n) is 1.28. The SMILES string of the molecule is O=[N+]([O-])c1cc(F)nc(C(F)(F)F)c1. The van der Waals surface area contributed by atoms with Gasteiger partial charge in [-0.3, -0.25) is 10.1 Å². The monoisotopic (exact) mass is 210 g/mol. The highest BCUT2D eigenvalue weighted by Crippen LogP contribution is 2.29. The maximum absolute atomic E-state index is 12.4. The van der Waals surface area contributed by atoms with E-state index in [1.807, 2.05) is 0 Å². The largest absolute Gasteiger partial charge is 0.433 e. The van der Waals surface area contributed by atoms with Gasteiger partial charge in [0.2, 0.25) is 5.95 Å². The molecule has 0 radical (unpaired) electrons. The number of nitro groups is 1. The molecule has 14 heavy (non-hydrogen) atoms. The summed E-state index contributed by atoms with van der Waals surface area (Å²) in [6, 6.07) is 0.484. The van der Waals surface area contributed by atoms with Gasteiger partial charge in [-0.15, -0.1) is 0 Å². The minimum atomic E-state index is -4.90. The maximum Gasteiger partial charge on any atom is 0.433 e. The first-order valence-corrected chi connectivity index (χ1v) is 3.20. The second-order valence-corrected chi connectivity index (χ2v) is 2.29. The number of hydrogen-bond acceptors (Lipinski definition) is 3. The van der Waals surface area contributed by atoms with E-state index in [-0.39, 0.29) is 6.07 Å². The third kappa shape index (κ3) is 2.15. The highest BCUT2D eigenvalue weighted by molar-refractivity contribution is 5.31. The topological polar surface area (TPSA) is 56.0 Å². The van der Waals surface area contributed by atoms with Gasteiger partial charge in [0.25, 0.3) is 5.69 Å². The summed E-state index contributed by atoms with van der Waals surface area (Å²) in [7, 11) is 0. The summed E-state index contributed by atoms with van der Waals surface area (Å²) in [5, 5.41) is 10.1. The first-order valence-electron chi connectivity index (χ1n) is 3.20. The minimum Gasteiger partial charge on any atom is -0.258 e. The van der Waals surface area contributed by atoms with Gasteiger partial charge in [-0.2, -0.15) is 17.6 Å². The predicted octanol–water partition coefficient (Wildman–Crippen LogP) is 2.15. The molecule has 1 rings (SSSR count). The average Bonchev–Trinajstić information content (AvgIpc) is 2.01. The molecule has 1 aromatic rings. The Kier molecular flexibility index (Phi) is 2.37. The number of hydrogen-bond donors (Lipinski definition) is 0. The fraction of sp³-hybridized carbons (Fsp3) is 0.167. The van der Waals surface area contributed by atoms with Crippen molar-refractivity contribution < 1.29 is 22.5 Å². The Bertz CT molecular complexity index is 377. The Morgan fingerprint density at radius 2 is 1.93 bits per heavy atom. The van der Waals surface area contributed by atoms with E-state index >= 15 is 0 Å². The van der Waals surface area contributed by atoms with Crippen molar-refractivity contribution in [2.24, 2.45) is 0 Å². The molecule has 4 nitrogen and oxygen atoms in total. The zero-order valence-corrected chi connectivity index (χ0v) is 6.38. The molecular formula is C6H2F4N2O2. The highest BCUT2D eigenvalue weighted by atomic mass is 19.4. The Balaban J connectivity index is 3.28. The quantitative estimate of drug-likeness (QED) is 0.309. The molecule has 0 aliphatic rings. The first kappa shape index (κ1) is 10.4. The van der Waals surface area contributed by atoms with Crippen LogP contribution in [0.15, 0.2) is 12.1 Å². The zero-order chi connectivity index (χ0) is 10.9. The van der Waals surface area contributed by atoms with Crippen LogP contribution in [0.25, 0.3) is 0 Å². The lowest BCUT2D eigenvalue weighted by molar-refractivity contribution is -0.385. The average molecular weight is 210 g/mol. The van der Waals surface area contributed by atoms with Crippen molar-refractivity contribution in [2.45, 2.75) is 6.18 Å². The van der Waals surface area contributed by atoms with Crippen molar-refractivity contribution in [3.8, 4) is 0 Å². The van der Waals surface area contributed by atoms with E-state index in [4.69, 9.17) is 0 Å². The molecule has 0 saturated heterocycles. The molecule has 0 aromatic carbocycles. The Morgan fingerprint density at radius 3 is 2.36 bits per heavy atom. The van der Waals surface area contributed by atoms with Crippen LogP contribution in [-0.4, -0.2) is 9.91 Å². The number of halogens is 4. The van der Waals surface area contributed by atoms with Gasteiger partial charge in [0.05, 0.1) is 11.0 Å². The van der Waals surface area contributed by atoms with Crippen LogP contribution in [0.5, 0.6) is 0 Å². The molecule has 0 bridgehead atoms. The molecule has 0 spiro atoms. The first-order chi connectivity index (χ1) is 6.30. The van der Waals surface area contributed by atoms with E-state index in [9.17, 15) is 27.7 Å². The molecular weight excluding hydrogens is 208 g/mol. The van der Waals surface area contributed by atoms with E-state index < -0.39 is 28.4 Å². The normalized spacial score (nSPS) is 11.4. The van der Waals surface area contributed by atoms with E-state index in [2.05, 4.69) is 4.98 Å². The summed E-state index contributed by atoms with van der Waals surface area (Å²) in [6.07, 6.45) is -4.90. The van der Waals surface area contributed by atoms with E-state index in [1.54, 1.807) is 0 Å². The smallest absolute Gasteiger partial charge is 0.258 e. The lowest BCUT2D eigenvalue weighted by Gasteiger charge is -2.04. The van der Waals surface area contributed by atoms with Gasteiger partial charge in [0, 0.05) is 6.07 Å². The maximum atomic E-state index is 12.4. The van der Waals surface area contributed by atoms with Crippen molar-refractivity contribution in [3.63, 3.8) is 0 Å². The van der Waals surface area contributed by atoms with Gasteiger partial charge in [0.1, 0.15) is 0 Å². The van der Waals surface area contributed by atoms with Crippen LogP contribution < -0.4 is 0 Å². The summed E-state index contributed by atoms with van der Waals surface area (Å²) in [6.45, 7) is 0. The molecule has 0 aliphatic carbocycles. The van der Waals surface area contributed by atoms with E-state index in [0.717, 1.165) is 0 Å². The molecule has 1 heterocycles. The molecule has 0 atom stereocenters. The molecule has 0 amide bonds. The Labute approximate surface area is 74.3 Å². The van der Waals surface area contributed by atoms with Crippen molar-refractivity contribution in [1.82, 2.24) is 4.98 Å². The summed E-state index contributed by atoms with van der Waals surface area (Å²) < 4.78 is 48.3. The number of rotatable bonds is 1. The van der Waals surface area contributed by atoms with Gasteiger partial charge in [-0.1, -0.05) is 0 Å². The molecule has 76 valence electrons. The summed E-state index contributed by atoms with van der Waals surface area (Å²) in [4.78, 5) is 11.4. The Hall–Kier alpha value is -1.73. The zero-order valence-electron chi connectivity index (χ0n) is 6.38. The molecule has 0 unspecified atom stereocenters. The fourth-order valence-corrected chi connectivity index (χ4v) is 0.734. The summed E-state index contributed by atoms with van der Waals surface area (Å²) in [5.74, 6) is -1.54. The number of nitrogens with zero attached hydrogens (tertiary/aromatic N) is 2. The van der Waals surface area contributed by atoms with Crippen molar-refractivity contribution >= 4 is 5.69 Å². The number of alkyl halides is 3. The fourth-order valence-electron chi connectivity index (χ4n) is 0.734. The molecule has 8 heteroatoms. The molecule has 0 N–H and O–H groups in total.